The highest BCUT2D eigenvalue weighted by molar-refractivity contribution is 5.86. The van der Waals surface area contributed by atoms with E-state index in [0.717, 1.165) is 0 Å². The average molecular weight is 312 g/mol. The molecule has 2 rings (SSSR count). The van der Waals surface area contributed by atoms with Crippen LogP contribution in [0, 0.1) is 0 Å². The number of carbonyl (C=O) groups excluding carboxylic acids is 2. The molecule has 22 heavy (non-hydrogen) atoms. The summed E-state index contributed by atoms with van der Waals surface area (Å²) in [6, 6.07) is 4.39. The van der Waals surface area contributed by atoms with Crippen molar-refractivity contribution in [2.45, 2.75) is 18.5 Å². The highest BCUT2D eigenvalue weighted by atomic mass is 16.8. The van der Waals surface area contributed by atoms with E-state index >= 15 is 0 Å². The Morgan fingerprint density at radius 3 is 2.05 bits per heavy atom. The number of phenols is 1. The van der Waals surface area contributed by atoms with E-state index in [4.69, 9.17) is 14.2 Å². The minimum atomic E-state index is -1.23. The van der Waals surface area contributed by atoms with Gasteiger partial charge in [0.1, 0.15) is 0 Å². The summed E-state index contributed by atoms with van der Waals surface area (Å²) in [5.41, 5.74) is 0.468. The van der Waals surface area contributed by atoms with Gasteiger partial charge in [0.25, 0.3) is 0 Å². The molecule has 0 bridgehead atoms. The predicted octanol–water partition coefficient (Wildman–Crippen LogP) is 0.529. The quantitative estimate of drug-likeness (QED) is 0.804. The predicted molar refractivity (Wildman–Crippen MR) is 71.2 cm³/mol. The van der Waals surface area contributed by atoms with Crippen molar-refractivity contribution in [1.82, 2.24) is 0 Å². The third kappa shape index (κ3) is 2.97. The van der Waals surface area contributed by atoms with Crippen LogP contribution in [0.25, 0.3) is 0 Å². The number of carbonyl (C=O) groups is 2. The SMILES string of the molecule is COC(=O)[C@@H]1OC(c2ccc(O)c(OC)c2)O[C@H]1C(=O)OC. The molecule has 0 spiro atoms. The summed E-state index contributed by atoms with van der Waals surface area (Å²) in [7, 11) is 3.75. The van der Waals surface area contributed by atoms with E-state index in [1.807, 2.05) is 0 Å². The van der Waals surface area contributed by atoms with Gasteiger partial charge in [-0.05, 0) is 12.1 Å². The zero-order valence-corrected chi connectivity index (χ0v) is 12.3. The summed E-state index contributed by atoms with van der Waals surface area (Å²) in [4.78, 5) is 23.4. The third-order valence-electron chi connectivity index (χ3n) is 3.16. The summed E-state index contributed by atoms with van der Waals surface area (Å²) >= 11 is 0. The van der Waals surface area contributed by atoms with E-state index in [1.165, 1.54) is 39.5 Å². The van der Waals surface area contributed by atoms with Crippen molar-refractivity contribution in [1.29, 1.82) is 0 Å². The Labute approximate surface area is 126 Å². The minimum absolute atomic E-state index is 0.0571. The largest absolute Gasteiger partial charge is 0.504 e. The molecule has 8 heteroatoms. The molecule has 2 atom stereocenters. The third-order valence-corrected chi connectivity index (χ3v) is 3.16. The van der Waals surface area contributed by atoms with Gasteiger partial charge in [-0.15, -0.1) is 0 Å². The lowest BCUT2D eigenvalue weighted by Crippen LogP contribution is -2.38. The molecule has 1 aromatic carbocycles. The molecule has 1 fully saturated rings. The first kappa shape index (κ1) is 16.1. The lowest BCUT2D eigenvalue weighted by Gasteiger charge is -2.12. The van der Waals surface area contributed by atoms with Gasteiger partial charge in [-0.1, -0.05) is 6.07 Å². The van der Waals surface area contributed by atoms with Crippen molar-refractivity contribution in [2.75, 3.05) is 21.3 Å². The number of benzene rings is 1. The molecule has 1 saturated heterocycles. The molecular weight excluding hydrogens is 296 g/mol. The summed E-state index contributed by atoms with van der Waals surface area (Å²) in [6.07, 6.45) is -3.47. The van der Waals surface area contributed by atoms with Crippen LogP contribution in [-0.4, -0.2) is 50.6 Å². The second-order valence-corrected chi connectivity index (χ2v) is 4.42. The Bertz CT molecular complexity index is 546. The zero-order valence-electron chi connectivity index (χ0n) is 12.3. The topological polar surface area (TPSA) is 101 Å². The number of phenolic OH excluding ortho intramolecular Hbond substituents is 1. The zero-order chi connectivity index (χ0) is 16.3. The molecule has 0 aliphatic carbocycles. The first-order chi connectivity index (χ1) is 10.5. The Morgan fingerprint density at radius 1 is 1.05 bits per heavy atom. The van der Waals surface area contributed by atoms with Gasteiger partial charge in [-0.25, -0.2) is 9.59 Å². The molecule has 8 nitrogen and oxygen atoms in total. The molecule has 1 aromatic rings. The van der Waals surface area contributed by atoms with Crippen molar-refractivity contribution in [3.05, 3.63) is 23.8 Å². The van der Waals surface area contributed by atoms with E-state index < -0.39 is 30.4 Å². The molecule has 0 unspecified atom stereocenters. The van der Waals surface area contributed by atoms with E-state index in [1.54, 1.807) is 0 Å². The van der Waals surface area contributed by atoms with Crippen molar-refractivity contribution in [2.24, 2.45) is 0 Å². The van der Waals surface area contributed by atoms with Crippen LogP contribution in [0.4, 0.5) is 0 Å². The maximum Gasteiger partial charge on any atom is 0.338 e. The molecule has 1 aliphatic rings. The Morgan fingerprint density at radius 2 is 1.59 bits per heavy atom. The summed E-state index contributed by atoms with van der Waals surface area (Å²) in [5, 5.41) is 9.58. The summed E-state index contributed by atoms with van der Waals surface area (Å²) in [5.74, 6) is -1.34. The molecular formula is C14H16O8. The minimum Gasteiger partial charge on any atom is -0.504 e. The first-order valence-corrected chi connectivity index (χ1v) is 6.35. The maximum absolute atomic E-state index is 11.7. The summed E-state index contributed by atoms with van der Waals surface area (Å²) in [6.45, 7) is 0. The van der Waals surface area contributed by atoms with Crippen LogP contribution in [0.15, 0.2) is 18.2 Å². The van der Waals surface area contributed by atoms with Crippen LogP contribution in [0.5, 0.6) is 11.5 Å². The highest BCUT2D eigenvalue weighted by Gasteiger charge is 2.47. The molecule has 1 N–H and O–H groups in total. The van der Waals surface area contributed by atoms with Crippen LogP contribution in [0.2, 0.25) is 0 Å². The molecule has 0 aromatic heterocycles. The van der Waals surface area contributed by atoms with Crippen LogP contribution in [-0.2, 0) is 28.5 Å². The van der Waals surface area contributed by atoms with E-state index in [-0.39, 0.29) is 11.5 Å². The molecule has 120 valence electrons. The molecule has 0 amide bonds. The van der Waals surface area contributed by atoms with Crippen LogP contribution < -0.4 is 4.74 Å². The number of hydrogen-bond donors (Lipinski definition) is 1. The number of ether oxygens (including phenoxy) is 5. The van der Waals surface area contributed by atoms with Gasteiger partial charge in [-0.3, -0.25) is 0 Å². The number of methoxy groups -OCH3 is 3. The maximum atomic E-state index is 11.7. The average Bonchev–Trinajstić information content (AvgIpc) is 2.99. The van der Waals surface area contributed by atoms with Gasteiger partial charge < -0.3 is 28.8 Å². The monoisotopic (exact) mass is 312 g/mol. The Kier molecular flexibility index (Phi) is 4.84. The molecule has 1 aliphatic heterocycles. The smallest absolute Gasteiger partial charge is 0.338 e. The second kappa shape index (κ2) is 6.63. The highest BCUT2D eigenvalue weighted by Crippen LogP contribution is 2.36. The second-order valence-electron chi connectivity index (χ2n) is 4.42. The van der Waals surface area contributed by atoms with Crippen molar-refractivity contribution < 1.29 is 38.4 Å². The fourth-order valence-electron chi connectivity index (χ4n) is 2.03. The molecule has 1 heterocycles. The number of esters is 2. The molecule has 0 radical (unpaired) electrons. The van der Waals surface area contributed by atoms with Gasteiger partial charge in [0, 0.05) is 5.56 Å². The molecule has 0 saturated carbocycles. The van der Waals surface area contributed by atoms with Gasteiger partial charge in [-0.2, -0.15) is 0 Å². The lowest BCUT2D eigenvalue weighted by molar-refractivity contribution is -0.160. The van der Waals surface area contributed by atoms with E-state index in [2.05, 4.69) is 9.47 Å². The van der Waals surface area contributed by atoms with Crippen molar-refractivity contribution in [3.8, 4) is 11.5 Å². The fraction of sp³-hybridized carbons (Fsp3) is 0.429. The van der Waals surface area contributed by atoms with Gasteiger partial charge in [0.2, 0.25) is 0 Å². The fourth-order valence-corrected chi connectivity index (χ4v) is 2.03. The number of rotatable bonds is 4. The van der Waals surface area contributed by atoms with Gasteiger partial charge in [0.05, 0.1) is 21.3 Å². The number of aromatic hydroxyl groups is 1. The first-order valence-electron chi connectivity index (χ1n) is 6.35. The van der Waals surface area contributed by atoms with Crippen LogP contribution in [0.1, 0.15) is 11.9 Å². The normalized spacial score (nSPS) is 21.4. The lowest BCUT2D eigenvalue weighted by atomic mass is 10.2. The van der Waals surface area contributed by atoms with Gasteiger partial charge >= 0.3 is 11.9 Å². The Hall–Kier alpha value is -2.32. The Balaban J connectivity index is 2.26. The van der Waals surface area contributed by atoms with Crippen molar-refractivity contribution >= 4 is 11.9 Å². The van der Waals surface area contributed by atoms with Crippen molar-refractivity contribution in [3.63, 3.8) is 0 Å². The van der Waals surface area contributed by atoms with Crippen LogP contribution in [0.3, 0.4) is 0 Å². The van der Waals surface area contributed by atoms with Gasteiger partial charge in [0.15, 0.2) is 30.0 Å². The van der Waals surface area contributed by atoms with E-state index in [9.17, 15) is 14.7 Å². The van der Waals surface area contributed by atoms with E-state index in [0.29, 0.717) is 5.56 Å². The summed E-state index contributed by atoms with van der Waals surface area (Å²) < 4.78 is 25.1. The number of hydrogen-bond acceptors (Lipinski definition) is 8. The van der Waals surface area contributed by atoms with Crippen LogP contribution >= 0.6 is 0 Å². The standard InChI is InChI=1S/C14H16O8/c1-18-9-6-7(4-5-8(9)15)14-21-10(12(16)19-2)11(22-14)13(17)20-3/h4-6,10-11,14-15H,1-3H3/t10-,11-/m1/s1.